The van der Waals surface area contributed by atoms with Crippen molar-refractivity contribution in [2.75, 3.05) is 27.2 Å². The summed E-state index contributed by atoms with van der Waals surface area (Å²) in [5.74, 6) is 1.50. The Hall–Kier alpha value is -0.770. The molecule has 4 heteroatoms. The number of methoxy groups -OCH3 is 1. The summed E-state index contributed by atoms with van der Waals surface area (Å²) >= 11 is 6.26. The van der Waals surface area contributed by atoms with E-state index in [9.17, 15) is 0 Å². The van der Waals surface area contributed by atoms with Crippen molar-refractivity contribution >= 4 is 11.6 Å². The van der Waals surface area contributed by atoms with Crippen molar-refractivity contribution in [3.63, 3.8) is 0 Å². The molecule has 1 aromatic carbocycles. The van der Waals surface area contributed by atoms with Crippen LogP contribution in [0.4, 0.5) is 0 Å². The molecule has 2 N–H and O–H groups in total. The van der Waals surface area contributed by atoms with Crippen LogP contribution >= 0.6 is 11.6 Å². The van der Waals surface area contributed by atoms with E-state index in [0.717, 1.165) is 35.8 Å². The Labute approximate surface area is 120 Å². The number of benzene rings is 1. The molecule has 0 radical (unpaired) electrons. The summed E-state index contributed by atoms with van der Waals surface area (Å²) in [7, 11) is 3.88. The SMILES string of the molecule is COc1c(C)c(Cl)cc(C)c1C1CC(CN)CN1C. The topological polar surface area (TPSA) is 38.5 Å². The second kappa shape index (κ2) is 5.70. The molecule has 1 aliphatic heterocycles. The molecule has 2 atom stereocenters. The molecule has 0 aromatic heterocycles. The largest absolute Gasteiger partial charge is 0.496 e. The average molecular weight is 283 g/mol. The highest BCUT2D eigenvalue weighted by molar-refractivity contribution is 6.31. The molecule has 1 heterocycles. The second-order valence-corrected chi connectivity index (χ2v) is 5.95. The van der Waals surface area contributed by atoms with Crippen molar-refractivity contribution in [1.82, 2.24) is 4.90 Å². The number of halogens is 1. The van der Waals surface area contributed by atoms with Gasteiger partial charge in [-0.3, -0.25) is 4.90 Å². The third-order valence-corrected chi connectivity index (χ3v) is 4.61. The van der Waals surface area contributed by atoms with Gasteiger partial charge in [-0.05, 0) is 51.4 Å². The number of aryl methyl sites for hydroxylation is 1. The highest BCUT2D eigenvalue weighted by Gasteiger charge is 2.33. The van der Waals surface area contributed by atoms with Crippen molar-refractivity contribution in [3.8, 4) is 5.75 Å². The standard InChI is InChI=1S/C15H23ClN2O/c1-9-5-12(16)10(2)15(19-4)14(9)13-6-11(7-17)8-18(13)3/h5,11,13H,6-8,17H2,1-4H3. The molecule has 0 saturated carbocycles. The third kappa shape index (κ3) is 2.60. The predicted molar refractivity (Wildman–Crippen MR) is 80.0 cm³/mol. The Morgan fingerprint density at radius 3 is 2.68 bits per heavy atom. The molecule has 3 nitrogen and oxygen atoms in total. The molecule has 2 rings (SSSR count). The molecule has 0 bridgehead atoms. The number of rotatable bonds is 3. The molecule has 1 saturated heterocycles. The van der Waals surface area contributed by atoms with Gasteiger partial charge in [0, 0.05) is 28.7 Å². The summed E-state index contributed by atoms with van der Waals surface area (Å²) in [5, 5.41) is 0.772. The van der Waals surface area contributed by atoms with Gasteiger partial charge in [0.1, 0.15) is 5.75 Å². The van der Waals surface area contributed by atoms with Crippen molar-refractivity contribution in [1.29, 1.82) is 0 Å². The number of nitrogens with zero attached hydrogens (tertiary/aromatic N) is 1. The van der Waals surface area contributed by atoms with Gasteiger partial charge in [0.05, 0.1) is 7.11 Å². The van der Waals surface area contributed by atoms with Gasteiger partial charge in [-0.15, -0.1) is 0 Å². The van der Waals surface area contributed by atoms with Crippen LogP contribution in [0, 0.1) is 19.8 Å². The monoisotopic (exact) mass is 282 g/mol. The number of hydrogen-bond donors (Lipinski definition) is 1. The minimum Gasteiger partial charge on any atom is -0.496 e. The normalized spacial score (nSPS) is 23.9. The van der Waals surface area contributed by atoms with E-state index in [4.69, 9.17) is 22.1 Å². The van der Waals surface area contributed by atoms with E-state index in [2.05, 4.69) is 18.9 Å². The lowest BCUT2D eigenvalue weighted by Gasteiger charge is -2.25. The zero-order chi connectivity index (χ0) is 14.2. The minimum atomic E-state index is 0.375. The van der Waals surface area contributed by atoms with Gasteiger partial charge >= 0.3 is 0 Å². The van der Waals surface area contributed by atoms with Crippen molar-refractivity contribution in [2.45, 2.75) is 26.3 Å². The Balaban J connectivity index is 2.47. The molecule has 106 valence electrons. The average Bonchev–Trinajstić information content (AvgIpc) is 2.74. The first-order valence-corrected chi connectivity index (χ1v) is 7.11. The molecule has 2 unspecified atom stereocenters. The van der Waals surface area contributed by atoms with Crippen LogP contribution in [-0.2, 0) is 0 Å². The van der Waals surface area contributed by atoms with Gasteiger partial charge in [0.2, 0.25) is 0 Å². The lowest BCUT2D eigenvalue weighted by atomic mass is 9.93. The first-order chi connectivity index (χ1) is 8.99. The fourth-order valence-corrected chi connectivity index (χ4v) is 3.41. The predicted octanol–water partition coefficient (Wildman–Crippen LogP) is 2.92. The number of likely N-dealkylation sites (tertiary alicyclic amines) is 1. The van der Waals surface area contributed by atoms with Gasteiger partial charge in [-0.2, -0.15) is 0 Å². The van der Waals surface area contributed by atoms with Crippen LogP contribution < -0.4 is 10.5 Å². The number of nitrogens with two attached hydrogens (primary N) is 1. The Kier molecular flexibility index (Phi) is 4.39. The van der Waals surface area contributed by atoms with Crippen LogP contribution in [0.25, 0.3) is 0 Å². The zero-order valence-corrected chi connectivity index (χ0v) is 12.9. The maximum absolute atomic E-state index is 6.26. The molecule has 1 fully saturated rings. The minimum absolute atomic E-state index is 0.375. The molecular weight excluding hydrogens is 260 g/mol. The first kappa shape index (κ1) is 14.6. The van der Waals surface area contributed by atoms with E-state index in [0.29, 0.717) is 12.0 Å². The first-order valence-electron chi connectivity index (χ1n) is 6.73. The lowest BCUT2D eigenvalue weighted by Crippen LogP contribution is -2.21. The lowest BCUT2D eigenvalue weighted by molar-refractivity contribution is 0.301. The van der Waals surface area contributed by atoms with Crippen LogP contribution in [-0.4, -0.2) is 32.1 Å². The van der Waals surface area contributed by atoms with Crippen molar-refractivity contribution < 1.29 is 4.74 Å². The highest BCUT2D eigenvalue weighted by Crippen LogP contribution is 2.43. The maximum Gasteiger partial charge on any atom is 0.128 e. The quantitative estimate of drug-likeness (QED) is 0.926. The van der Waals surface area contributed by atoms with E-state index in [1.807, 2.05) is 13.0 Å². The summed E-state index contributed by atoms with van der Waals surface area (Å²) in [6, 6.07) is 2.41. The molecule has 0 aliphatic carbocycles. The number of hydrogen-bond acceptors (Lipinski definition) is 3. The third-order valence-electron chi connectivity index (χ3n) is 4.22. The summed E-state index contributed by atoms with van der Waals surface area (Å²) < 4.78 is 5.63. The fourth-order valence-electron chi connectivity index (χ4n) is 3.16. The summed E-state index contributed by atoms with van der Waals surface area (Å²) in [6.07, 6.45) is 1.09. The van der Waals surface area contributed by atoms with Crippen LogP contribution in [0.15, 0.2) is 6.07 Å². The van der Waals surface area contributed by atoms with Gasteiger partial charge in [0.15, 0.2) is 0 Å². The van der Waals surface area contributed by atoms with Crippen molar-refractivity contribution in [3.05, 3.63) is 27.8 Å². The maximum atomic E-state index is 6.26. The van der Waals surface area contributed by atoms with Gasteiger partial charge in [-0.1, -0.05) is 11.6 Å². The van der Waals surface area contributed by atoms with Gasteiger partial charge in [0.25, 0.3) is 0 Å². The van der Waals surface area contributed by atoms with Gasteiger partial charge < -0.3 is 10.5 Å². The van der Waals surface area contributed by atoms with E-state index in [1.54, 1.807) is 7.11 Å². The smallest absolute Gasteiger partial charge is 0.128 e. The summed E-state index contributed by atoms with van der Waals surface area (Å²) in [5.41, 5.74) is 9.31. The number of ether oxygens (including phenoxy) is 1. The highest BCUT2D eigenvalue weighted by atomic mass is 35.5. The summed E-state index contributed by atoms with van der Waals surface area (Å²) in [4.78, 5) is 2.37. The second-order valence-electron chi connectivity index (χ2n) is 5.54. The molecule has 1 aliphatic rings. The fraction of sp³-hybridized carbons (Fsp3) is 0.600. The molecule has 0 spiro atoms. The van der Waals surface area contributed by atoms with Crippen LogP contribution in [0.5, 0.6) is 5.75 Å². The van der Waals surface area contributed by atoms with Crippen molar-refractivity contribution in [2.24, 2.45) is 11.7 Å². The Morgan fingerprint density at radius 2 is 2.16 bits per heavy atom. The van der Waals surface area contributed by atoms with Gasteiger partial charge in [-0.25, -0.2) is 0 Å². The van der Waals surface area contributed by atoms with Crippen LogP contribution in [0.2, 0.25) is 5.02 Å². The van der Waals surface area contributed by atoms with Crippen LogP contribution in [0.3, 0.4) is 0 Å². The summed E-state index contributed by atoms with van der Waals surface area (Å²) in [6.45, 7) is 5.91. The molecular formula is C15H23ClN2O. The zero-order valence-electron chi connectivity index (χ0n) is 12.2. The van der Waals surface area contributed by atoms with E-state index < -0.39 is 0 Å². The van der Waals surface area contributed by atoms with E-state index in [1.165, 1.54) is 11.1 Å². The van der Waals surface area contributed by atoms with E-state index in [-0.39, 0.29) is 0 Å². The molecule has 0 amide bonds. The molecule has 19 heavy (non-hydrogen) atoms. The Bertz CT molecular complexity index is 476. The Morgan fingerprint density at radius 1 is 1.47 bits per heavy atom. The molecule has 1 aromatic rings. The van der Waals surface area contributed by atoms with E-state index >= 15 is 0 Å². The van der Waals surface area contributed by atoms with Crippen LogP contribution in [0.1, 0.15) is 29.2 Å².